The number of benzene rings is 2. The molecule has 1 unspecified atom stereocenters. The molecule has 0 amide bonds. The normalized spacial score (nSPS) is 12.3. The summed E-state index contributed by atoms with van der Waals surface area (Å²) >= 11 is 0. The van der Waals surface area contributed by atoms with Crippen molar-refractivity contribution in [2.75, 3.05) is 19.8 Å². The van der Waals surface area contributed by atoms with Gasteiger partial charge in [0.1, 0.15) is 24.2 Å². The van der Waals surface area contributed by atoms with E-state index in [1.54, 1.807) is 18.3 Å². The van der Waals surface area contributed by atoms with Crippen LogP contribution in [0, 0.1) is 0 Å². The summed E-state index contributed by atoms with van der Waals surface area (Å²) in [6, 6.07) is 15.1. The van der Waals surface area contributed by atoms with Gasteiger partial charge in [0.15, 0.2) is 0 Å². The van der Waals surface area contributed by atoms with Gasteiger partial charge in [0, 0.05) is 6.21 Å². The van der Waals surface area contributed by atoms with E-state index < -0.39 is 6.10 Å². The second kappa shape index (κ2) is 12.1. The van der Waals surface area contributed by atoms with Crippen LogP contribution in [-0.2, 0) is 0 Å². The fourth-order valence-electron chi connectivity index (χ4n) is 2.39. The molecule has 0 spiro atoms. The van der Waals surface area contributed by atoms with Gasteiger partial charge in [-0.1, -0.05) is 26.2 Å². The van der Waals surface area contributed by atoms with Gasteiger partial charge in [-0.05, 0) is 60.5 Å². The minimum atomic E-state index is -0.866. The fourth-order valence-corrected chi connectivity index (χ4v) is 2.39. The molecule has 0 aromatic heterocycles. The molecule has 146 valence electrons. The Labute approximate surface area is 161 Å². The smallest absolute Gasteiger partial charge is 0.119 e. The Morgan fingerprint density at radius 3 is 2.26 bits per heavy atom. The van der Waals surface area contributed by atoms with Gasteiger partial charge in [0.25, 0.3) is 0 Å². The molecule has 0 bridgehead atoms. The quantitative estimate of drug-likeness (QED) is 0.435. The number of aliphatic hydroxyl groups is 2. The Morgan fingerprint density at radius 1 is 0.926 bits per heavy atom. The molecule has 2 aromatic carbocycles. The van der Waals surface area contributed by atoms with Crippen molar-refractivity contribution < 1.29 is 19.7 Å². The van der Waals surface area contributed by atoms with Crippen molar-refractivity contribution in [1.29, 1.82) is 0 Å². The Kier molecular flexibility index (Phi) is 9.38. The monoisotopic (exact) mass is 371 g/mol. The van der Waals surface area contributed by atoms with Crippen molar-refractivity contribution in [2.24, 2.45) is 4.99 Å². The number of rotatable bonds is 12. The zero-order valence-electron chi connectivity index (χ0n) is 15.9. The summed E-state index contributed by atoms with van der Waals surface area (Å²) in [5, 5.41) is 18.1. The minimum Gasteiger partial charge on any atom is -0.494 e. The second-order valence-electron chi connectivity index (χ2n) is 6.38. The second-order valence-corrected chi connectivity index (χ2v) is 6.38. The van der Waals surface area contributed by atoms with Crippen molar-refractivity contribution in [2.45, 2.75) is 38.7 Å². The van der Waals surface area contributed by atoms with E-state index in [2.05, 4.69) is 11.9 Å². The third-order valence-corrected chi connectivity index (χ3v) is 4.00. The van der Waals surface area contributed by atoms with Crippen molar-refractivity contribution in [3.05, 3.63) is 54.1 Å². The number of ether oxygens (including phenoxy) is 2. The van der Waals surface area contributed by atoms with Gasteiger partial charge in [0.05, 0.1) is 18.9 Å². The van der Waals surface area contributed by atoms with Crippen molar-refractivity contribution in [3.8, 4) is 11.5 Å². The van der Waals surface area contributed by atoms with Gasteiger partial charge >= 0.3 is 0 Å². The number of nitrogens with zero attached hydrogens (tertiary/aromatic N) is 1. The summed E-state index contributed by atoms with van der Waals surface area (Å²) in [4.78, 5) is 4.46. The van der Waals surface area contributed by atoms with Gasteiger partial charge in [-0.2, -0.15) is 0 Å². The molecule has 5 nitrogen and oxygen atoms in total. The van der Waals surface area contributed by atoms with E-state index in [1.807, 2.05) is 36.4 Å². The summed E-state index contributed by atoms with van der Waals surface area (Å²) in [5.74, 6) is 1.51. The molecule has 0 aliphatic rings. The number of aliphatic hydroxyl groups excluding tert-OH is 2. The zero-order valence-corrected chi connectivity index (χ0v) is 15.9. The zero-order chi connectivity index (χ0) is 19.3. The van der Waals surface area contributed by atoms with Gasteiger partial charge < -0.3 is 19.7 Å². The first-order chi connectivity index (χ1) is 13.2. The van der Waals surface area contributed by atoms with Crippen LogP contribution in [0.5, 0.6) is 11.5 Å². The molecule has 0 saturated carbocycles. The largest absolute Gasteiger partial charge is 0.494 e. The standard InChI is InChI=1S/C22H29NO4/c1-2-3-4-5-14-26-21-12-8-19(9-13-21)23-15-18-6-10-22(11-7-18)27-17-20(25)16-24/h6-13,15,20,24-25H,2-5,14,16-17H2,1H3. The van der Waals surface area contributed by atoms with Crippen LogP contribution in [0.15, 0.2) is 53.5 Å². The maximum absolute atomic E-state index is 9.28. The molecule has 0 aliphatic heterocycles. The summed E-state index contributed by atoms with van der Waals surface area (Å²) < 4.78 is 11.1. The van der Waals surface area contributed by atoms with Gasteiger partial charge in [-0.25, -0.2) is 0 Å². The molecular weight excluding hydrogens is 342 g/mol. The van der Waals surface area contributed by atoms with Crippen LogP contribution in [0.4, 0.5) is 5.69 Å². The van der Waals surface area contributed by atoms with Crippen molar-refractivity contribution in [3.63, 3.8) is 0 Å². The van der Waals surface area contributed by atoms with Gasteiger partial charge in [-0.3, -0.25) is 4.99 Å². The molecule has 5 heteroatoms. The van der Waals surface area contributed by atoms with E-state index >= 15 is 0 Å². The molecule has 1 atom stereocenters. The van der Waals surface area contributed by atoms with Crippen LogP contribution in [0.1, 0.15) is 38.2 Å². The average Bonchev–Trinajstić information content (AvgIpc) is 2.72. The van der Waals surface area contributed by atoms with Crippen molar-refractivity contribution in [1.82, 2.24) is 0 Å². The van der Waals surface area contributed by atoms with Crippen LogP contribution >= 0.6 is 0 Å². The number of aliphatic imine (C=N–C) groups is 1. The Morgan fingerprint density at radius 2 is 1.59 bits per heavy atom. The van der Waals surface area contributed by atoms with Crippen LogP contribution < -0.4 is 9.47 Å². The molecule has 2 aromatic rings. The fraction of sp³-hybridized carbons (Fsp3) is 0.409. The summed E-state index contributed by atoms with van der Waals surface area (Å²) in [6.07, 6.45) is 5.71. The lowest BCUT2D eigenvalue weighted by molar-refractivity contribution is 0.0536. The Balaban J connectivity index is 1.79. The van der Waals surface area contributed by atoms with Crippen LogP contribution in [0.25, 0.3) is 0 Å². The minimum absolute atomic E-state index is 0.0664. The Hall–Kier alpha value is -2.37. The third-order valence-electron chi connectivity index (χ3n) is 4.00. The topological polar surface area (TPSA) is 71.3 Å². The highest BCUT2D eigenvalue weighted by Gasteiger charge is 2.02. The summed E-state index contributed by atoms with van der Waals surface area (Å²) in [7, 11) is 0. The lowest BCUT2D eigenvalue weighted by atomic mass is 10.2. The van der Waals surface area contributed by atoms with E-state index in [0.717, 1.165) is 30.0 Å². The molecule has 0 fully saturated rings. The molecule has 27 heavy (non-hydrogen) atoms. The highest BCUT2D eigenvalue weighted by molar-refractivity contribution is 5.82. The highest BCUT2D eigenvalue weighted by Crippen LogP contribution is 2.19. The molecule has 2 rings (SSSR count). The first-order valence-corrected chi connectivity index (χ1v) is 9.50. The van der Waals surface area contributed by atoms with Crippen LogP contribution in [-0.4, -0.2) is 42.4 Å². The predicted molar refractivity (Wildman–Crippen MR) is 108 cm³/mol. The summed E-state index contributed by atoms with van der Waals surface area (Å²) in [6.45, 7) is 2.71. The van der Waals surface area contributed by atoms with Gasteiger partial charge in [0.2, 0.25) is 0 Å². The van der Waals surface area contributed by atoms with E-state index in [-0.39, 0.29) is 13.2 Å². The molecule has 0 aliphatic carbocycles. The maximum Gasteiger partial charge on any atom is 0.119 e. The number of unbranched alkanes of at least 4 members (excludes halogenated alkanes) is 3. The Bertz CT molecular complexity index is 668. The van der Waals surface area contributed by atoms with E-state index in [0.29, 0.717) is 5.75 Å². The first-order valence-electron chi connectivity index (χ1n) is 9.50. The third kappa shape index (κ3) is 8.24. The SMILES string of the molecule is CCCCCCOc1ccc(N=Cc2ccc(OCC(O)CO)cc2)cc1. The lowest BCUT2D eigenvalue weighted by Crippen LogP contribution is -2.21. The lowest BCUT2D eigenvalue weighted by Gasteiger charge is -2.09. The first kappa shape index (κ1) is 20.9. The summed E-state index contributed by atoms with van der Waals surface area (Å²) in [5.41, 5.74) is 1.81. The molecule has 0 radical (unpaired) electrons. The van der Waals surface area contributed by atoms with E-state index in [1.165, 1.54) is 19.3 Å². The predicted octanol–water partition coefficient (Wildman–Crippen LogP) is 4.13. The molecule has 0 heterocycles. The van der Waals surface area contributed by atoms with E-state index in [4.69, 9.17) is 14.6 Å². The number of hydrogen-bond acceptors (Lipinski definition) is 5. The maximum atomic E-state index is 9.28. The molecular formula is C22H29NO4. The number of hydrogen-bond donors (Lipinski definition) is 2. The highest BCUT2D eigenvalue weighted by atomic mass is 16.5. The van der Waals surface area contributed by atoms with Gasteiger partial charge in [-0.15, -0.1) is 0 Å². The molecule has 2 N–H and O–H groups in total. The molecule has 0 saturated heterocycles. The van der Waals surface area contributed by atoms with Crippen molar-refractivity contribution >= 4 is 11.9 Å². The average molecular weight is 371 g/mol. The van der Waals surface area contributed by atoms with Crippen LogP contribution in [0.3, 0.4) is 0 Å². The van der Waals surface area contributed by atoms with E-state index in [9.17, 15) is 5.11 Å². The van der Waals surface area contributed by atoms with Crippen LogP contribution in [0.2, 0.25) is 0 Å².